The van der Waals surface area contributed by atoms with Crippen LogP contribution in [0.3, 0.4) is 0 Å². The molecule has 56 heavy (non-hydrogen) atoms. The summed E-state index contributed by atoms with van der Waals surface area (Å²) < 4.78 is 12.2. The van der Waals surface area contributed by atoms with Gasteiger partial charge in [-0.15, -0.1) is 0 Å². The predicted octanol–water partition coefficient (Wildman–Crippen LogP) is 15.8. The molecule has 0 saturated carbocycles. The number of hydrogen-bond acceptors (Lipinski definition) is 4. The molecule has 0 radical (unpaired) electrons. The van der Waals surface area contributed by atoms with Gasteiger partial charge in [0.25, 0.3) is 0 Å². The Hall–Kier alpha value is -0.680. The average molecular weight is 789 g/mol. The average Bonchev–Trinajstić information content (AvgIpc) is 3.20. The third-order valence-electron chi connectivity index (χ3n) is 12.0. The maximum Gasteiger partial charge on any atom is 0.0701 e. The number of ether oxygens (including phenoxy) is 2. The summed E-state index contributed by atoms with van der Waals surface area (Å²) in [5.41, 5.74) is 0. The zero-order valence-electron chi connectivity index (χ0n) is 39.5. The van der Waals surface area contributed by atoms with E-state index >= 15 is 0 Å². The number of unbranched alkanes of at least 4 members (excludes halogenated alkanes) is 24. The van der Waals surface area contributed by atoms with E-state index in [0.717, 1.165) is 38.1 Å². The second-order valence-corrected chi connectivity index (χ2v) is 17.7. The first kappa shape index (κ1) is 55.3. The monoisotopic (exact) mass is 789 g/mol. The predicted molar refractivity (Wildman–Crippen MR) is 252 cm³/mol. The van der Waals surface area contributed by atoms with E-state index in [0.29, 0.717) is 13.2 Å². The molecule has 334 valence electrons. The van der Waals surface area contributed by atoms with Crippen LogP contribution < -0.4 is 0 Å². The summed E-state index contributed by atoms with van der Waals surface area (Å²) in [5.74, 6) is 1.50. The van der Waals surface area contributed by atoms with Gasteiger partial charge in [-0.2, -0.15) is 0 Å². The van der Waals surface area contributed by atoms with Gasteiger partial charge >= 0.3 is 0 Å². The van der Waals surface area contributed by atoms with Gasteiger partial charge in [0, 0.05) is 26.2 Å². The topological polar surface area (TPSA) is 24.9 Å². The molecular weight excluding hydrogens is 685 g/mol. The third kappa shape index (κ3) is 42.9. The first-order valence-corrected chi connectivity index (χ1v) is 25.5. The smallest absolute Gasteiger partial charge is 0.0701 e. The van der Waals surface area contributed by atoms with Gasteiger partial charge in [0.1, 0.15) is 0 Å². The molecule has 0 amide bonds. The molecule has 0 aliphatic heterocycles. The van der Waals surface area contributed by atoms with Gasteiger partial charge in [0.05, 0.1) is 26.4 Å². The van der Waals surface area contributed by atoms with Crippen molar-refractivity contribution in [1.29, 1.82) is 0 Å². The van der Waals surface area contributed by atoms with Crippen molar-refractivity contribution in [2.24, 2.45) is 11.8 Å². The fourth-order valence-corrected chi connectivity index (χ4v) is 7.60. The van der Waals surface area contributed by atoms with Gasteiger partial charge in [-0.25, -0.2) is 0 Å². The van der Waals surface area contributed by atoms with E-state index in [1.165, 1.54) is 219 Å². The van der Waals surface area contributed by atoms with Crippen molar-refractivity contribution < 1.29 is 9.47 Å². The van der Waals surface area contributed by atoms with Crippen LogP contribution in [-0.4, -0.2) is 75.5 Å². The van der Waals surface area contributed by atoms with Crippen LogP contribution in [-0.2, 0) is 9.47 Å². The molecule has 0 aliphatic carbocycles. The van der Waals surface area contributed by atoms with Gasteiger partial charge in [0.2, 0.25) is 0 Å². The molecule has 0 aromatic heterocycles. The lowest BCUT2D eigenvalue weighted by molar-refractivity contribution is 0.0285. The second kappa shape index (κ2) is 47.0. The van der Waals surface area contributed by atoms with Crippen LogP contribution in [0.5, 0.6) is 0 Å². The van der Waals surface area contributed by atoms with Gasteiger partial charge in [-0.3, -0.25) is 0 Å². The second-order valence-electron chi connectivity index (χ2n) is 17.7. The fourth-order valence-electron chi connectivity index (χ4n) is 7.60. The van der Waals surface area contributed by atoms with E-state index in [9.17, 15) is 0 Å². The lowest BCUT2D eigenvalue weighted by Crippen LogP contribution is -2.33. The first-order valence-electron chi connectivity index (χ1n) is 25.5. The maximum atomic E-state index is 6.08. The molecule has 2 unspecified atom stereocenters. The Labute approximate surface area is 354 Å². The Morgan fingerprint density at radius 3 is 0.929 bits per heavy atom. The largest absolute Gasteiger partial charge is 0.378 e. The van der Waals surface area contributed by atoms with Gasteiger partial charge in [-0.1, -0.05) is 194 Å². The van der Waals surface area contributed by atoms with Crippen molar-refractivity contribution >= 4 is 0 Å². The molecular formula is C52H104N2O2. The van der Waals surface area contributed by atoms with E-state index < -0.39 is 0 Å². The highest BCUT2D eigenvalue weighted by Gasteiger charge is 2.11. The lowest BCUT2D eigenvalue weighted by atomic mass is 10.1. The molecule has 0 aromatic rings. The molecule has 0 fully saturated rings. The first-order chi connectivity index (χ1) is 27.6. The molecule has 4 nitrogen and oxygen atoms in total. The van der Waals surface area contributed by atoms with E-state index in [-0.39, 0.29) is 0 Å². The lowest BCUT2D eigenvalue weighted by Gasteiger charge is -2.25. The van der Waals surface area contributed by atoms with E-state index in [4.69, 9.17) is 9.47 Å². The molecule has 2 atom stereocenters. The Bertz CT molecular complexity index is 721. The van der Waals surface area contributed by atoms with Crippen LogP contribution in [0.4, 0.5) is 0 Å². The van der Waals surface area contributed by atoms with E-state index in [1.54, 1.807) is 0 Å². The minimum absolute atomic E-state index is 0.714. The van der Waals surface area contributed by atoms with Crippen LogP contribution in [0.2, 0.25) is 0 Å². The van der Waals surface area contributed by atoms with Gasteiger partial charge in [0.15, 0.2) is 0 Å². The van der Waals surface area contributed by atoms with Crippen molar-refractivity contribution in [1.82, 2.24) is 9.80 Å². The summed E-state index contributed by atoms with van der Waals surface area (Å²) in [6.07, 6.45) is 50.7. The normalized spacial score (nSPS) is 13.4. The molecule has 0 rings (SSSR count). The molecule has 0 bridgehead atoms. The number of hydrogen-bond donors (Lipinski definition) is 0. The van der Waals surface area contributed by atoms with Crippen LogP contribution in [0.1, 0.15) is 234 Å². The Balaban J connectivity index is 3.95. The molecule has 0 heterocycles. The highest BCUT2D eigenvalue weighted by Crippen LogP contribution is 2.14. The molecule has 0 saturated heterocycles. The Morgan fingerprint density at radius 1 is 0.339 bits per heavy atom. The minimum Gasteiger partial charge on any atom is -0.378 e. The summed E-state index contributed by atoms with van der Waals surface area (Å²) in [5, 5.41) is 0. The molecule has 4 heteroatoms. The number of nitrogens with zero attached hydrogens (tertiary/aromatic N) is 2. The van der Waals surface area contributed by atoms with Crippen molar-refractivity contribution in [3.8, 4) is 0 Å². The summed E-state index contributed by atoms with van der Waals surface area (Å²) >= 11 is 0. The van der Waals surface area contributed by atoms with E-state index in [1.807, 2.05) is 0 Å². The molecule has 0 aliphatic rings. The zero-order chi connectivity index (χ0) is 40.8. The Kier molecular flexibility index (Phi) is 46.4. The summed E-state index contributed by atoms with van der Waals surface area (Å²) in [6.45, 7) is 24.0. The van der Waals surface area contributed by atoms with Crippen LogP contribution in [0.25, 0.3) is 0 Å². The van der Waals surface area contributed by atoms with Gasteiger partial charge < -0.3 is 19.3 Å². The van der Waals surface area contributed by atoms with Crippen molar-refractivity contribution in [3.05, 3.63) is 24.3 Å². The quantitative estimate of drug-likeness (QED) is 0.0453. The summed E-state index contributed by atoms with van der Waals surface area (Å²) in [4.78, 5) is 5.32. The minimum atomic E-state index is 0.714. The number of allylic oxidation sites excluding steroid dienone is 4. The molecule has 0 N–H and O–H groups in total. The zero-order valence-corrected chi connectivity index (χ0v) is 39.5. The number of rotatable bonds is 47. The van der Waals surface area contributed by atoms with Crippen LogP contribution in [0, 0.1) is 11.8 Å². The highest BCUT2D eigenvalue weighted by molar-refractivity contribution is 4.82. The summed E-state index contributed by atoms with van der Waals surface area (Å²) in [6, 6.07) is 0. The van der Waals surface area contributed by atoms with Gasteiger partial charge in [-0.05, 0) is 89.1 Å². The molecule has 0 aromatic carbocycles. The van der Waals surface area contributed by atoms with Crippen molar-refractivity contribution in [3.63, 3.8) is 0 Å². The fraction of sp³-hybridized carbons (Fsp3) is 0.923. The van der Waals surface area contributed by atoms with Crippen LogP contribution in [0.15, 0.2) is 24.3 Å². The van der Waals surface area contributed by atoms with E-state index in [2.05, 4.69) is 75.6 Å². The standard InChI is InChI=1S/C52H104N2O2/c1-7-11-13-15-17-19-21-23-25-27-29-31-33-35-37-39-41-53(49-51(5)9-3)43-45-55-47-48-56-46-44-54(50-52(6)10-4)42-40-38-36-34-32-30-28-26-24-22-20-18-16-14-12-8-2/h23-26,51-52H,7-22,27-50H2,1-6H3/b25-23-,26-24-. The Morgan fingerprint density at radius 2 is 0.625 bits per heavy atom. The highest BCUT2D eigenvalue weighted by atomic mass is 16.5. The molecule has 0 spiro atoms. The third-order valence-corrected chi connectivity index (χ3v) is 12.0. The maximum absolute atomic E-state index is 6.08. The summed E-state index contributed by atoms with van der Waals surface area (Å²) in [7, 11) is 0. The van der Waals surface area contributed by atoms with Crippen molar-refractivity contribution in [2.75, 3.05) is 65.7 Å². The van der Waals surface area contributed by atoms with Crippen molar-refractivity contribution in [2.45, 2.75) is 234 Å². The van der Waals surface area contributed by atoms with Crippen LogP contribution >= 0.6 is 0 Å². The SMILES string of the molecule is CCCCCCCC/C=C\CCCCCCCCN(CCOCCOCCN(CCCCCCCC/C=C\CCCCCCCC)CC(C)CC)CC(C)CC.